The predicted molar refractivity (Wildman–Crippen MR) is 42.9 cm³/mol. The molecule has 2 N–H and O–H groups in total. The van der Waals surface area contributed by atoms with E-state index in [1.54, 1.807) is 17.1 Å². The molecule has 62 valence electrons. The van der Waals surface area contributed by atoms with E-state index in [2.05, 4.69) is 4.98 Å². The Morgan fingerprint density at radius 3 is 2.91 bits per heavy atom. The molecule has 4 heteroatoms. The number of ether oxygens (including phenoxy) is 1. The molecule has 0 aromatic carbocycles. The van der Waals surface area contributed by atoms with Crippen molar-refractivity contribution in [1.82, 2.24) is 9.55 Å². The standard InChI is InChI=1S/C7H13N3O/c1-6(2)11-5-10-3-7(8)9-4-10/h3-4,6H,5,8H2,1-2H3. The molecule has 0 saturated heterocycles. The molecule has 1 rings (SSSR count). The highest BCUT2D eigenvalue weighted by atomic mass is 16.5. The van der Waals surface area contributed by atoms with Gasteiger partial charge in [0, 0.05) is 6.20 Å². The molecule has 1 aromatic heterocycles. The van der Waals surface area contributed by atoms with E-state index >= 15 is 0 Å². The normalized spacial score (nSPS) is 10.8. The Hall–Kier alpha value is -1.03. The Morgan fingerprint density at radius 2 is 2.45 bits per heavy atom. The first kappa shape index (κ1) is 8.07. The van der Waals surface area contributed by atoms with Gasteiger partial charge in [-0.2, -0.15) is 0 Å². The molecule has 1 heterocycles. The van der Waals surface area contributed by atoms with Crippen LogP contribution >= 0.6 is 0 Å². The highest BCUT2D eigenvalue weighted by Crippen LogP contribution is 1.98. The largest absolute Gasteiger partial charge is 0.382 e. The van der Waals surface area contributed by atoms with Gasteiger partial charge in [0.15, 0.2) is 0 Å². The van der Waals surface area contributed by atoms with Crippen LogP contribution in [0.2, 0.25) is 0 Å². The molecular weight excluding hydrogens is 142 g/mol. The summed E-state index contributed by atoms with van der Waals surface area (Å²) in [5.74, 6) is 0.525. The number of hydrogen-bond donors (Lipinski definition) is 1. The summed E-state index contributed by atoms with van der Waals surface area (Å²) >= 11 is 0. The quantitative estimate of drug-likeness (QED) is 0.704. The second kappa shape index (κ2) is 3.39. The Bertz CT molecular complexity index is 219. The van der Waals surface area contributed by atoms with Crippen molar-refractivity contribution >= 4 is 5.82 Å². The van der Waals surface area contributed by atoms with Gasteiger partial charge in [-0.1, -0.05) is 0 Å². The van der Waals surface area contributed by atoms with Crippen LogP contribution in [0.5, 0.6) is 0 Å². The van der Waals surface area contributed by atoms with E-state index in [0.717, 1.165) is 0 Å². The highest BCUT2D eigenvalue weighted by Gasteiger charge is 1.95. The third-order valence-electron chi connectivity index (χ3n) is 1.21. The number of anilines is 1. The van der Waals surface area contributed by atoms with Gasteiger partial charge in [-0.05, 0) is 13.8 Å². The van der Waals surface area contributed by atoms with Crippen LogP contribution in [0.4, 0.5) is 5.82 Å². The molecule has 0 aliphatic heterocycles. The summed E-state index contributed by atoms with van der Waals surface area (Å²) in [6.07, 6.45) is 3.62. The van der Waals surface area contributed by atoms with Crippen molar-refractivity contribution < 1.29 is 4.74 Å². The van der Waals surface area contributed by atoms with Gasteiger partial charge >= 0.3 is 0 Å². The third kappa shape index (κ3) is 2.59. The number of aromatic nitrogens is 2. The van der Waals surface area contributed by atoms with Crippen LogP contribution in [0, 0.1) is 0 Å². The van der Waals surface area contributed by atoms with Crippen molar-refractivity contribution in [2.24, 2.45) is 0 Å². The smallest absolute Gasteiger partial charge is 0.141 e. The Balaban J connectivity index is 2.39. The zero-order chi connectivity index (χ0) is 8.27. The van der Waals surface area contributed by atoms with E-state index in [4.69, 9.17) is 10.5 Å². The fraction of sp³-hybridized carbons (Fsp3) is 0.571. The molecule has 0 saturated carbocycles. The number of hydrogen-bond acceptors (Lipinski definition) is 3. The lowest BCUT2D eigenvalue weighted by Gasteiger charge is -2.06. The molecule has 0 unspecified atom stereocenters. The van der Waals surface area contributed by atoms with E-state index in [1.165, 1.54) is 0 Å². The van der Waals surface area contributed by atoms with Crippen molar-refractivity contribution in [3.8, 4) is 0 Å². The van der Waals surface area contributed by atoms with Gasteiger partial charge in [-0.3, -0.25) is 0 Å². The van der Waals surface area contributed by atoms with Gasteiger partial charge in [-0.25, -0.2) is 4.98 Å². The lowest BCUT2D eigenvalue weighted by molar-refractivity contribution is 0.0286. The highest BCUT2D eigenvalue weighted by molar-refractivity contribution is 5.22. The van der Waals surface area contributed by atoms with Crippen LogP contribution in [0.3, 0.4) is 0 Å². The van der Waals surface area contributed by atoms with E-state index in [0.29, 0.717) is 12.5 Å². The van der Waals surface area contributed by atoms with Crippen LogP contribution in [0.1, 0.15) is 13.8 Å². The average Bonchev–Trinajstić information content (AvgIpc) is 2.31. The topological polar surface area (TPSA) is 53.1 Å². The number of nitrogens with zero attached hydrogens (tertiary/aromatic N) is 2. The van der Waals surface area contributed by atoms with Gasteiger partial charge in [0.25, 0.3) is 0 Å². The molecule has 0 radical (unpaired) electrons. The minimum absolute atomic E-state index is 0.235. The molecular formula is C7H13N3O. The molecule has 0 spiro atoms. The molecule has 11 heavy (non-hydrogen) atoms. The predicted octanol–water partition coefficient (Wildman–Crippen LogP) is 0.848. The minimum Gasteiger partial charge on any atom is -0.382 e. The molecule has 0 aliphatic carbocycles. The summed E-state index contributed by atoms with van der Waals surface area (Å²) in [4.78, 5) is 3.86. The summed E-state index contributed by atoms with van der Waals surface area (Å²) in [6.45, 7) is 4.49. The molecule has 0 bridgehead atoms. The van der Waals surface area contributed by atoms with Crippen molar-refractivity contribution in [1.29, 1.82) is 0 Å². The first-order valence-corrected chi connectivity index (χ1v) is 3.57. The van der Waals surface area contributed by atoms with Crippen molar-refractivity contribution in [3.05, 3.63) is 12.5 Å². The maximum Gasteiger partial charge on any atom is 0.141 e. The number of rotatable bonds is 3. The Kier molecular flexibility index (Phi) is 2.48. The van der Waals surface area contributed by atoms with Crippen molar-refractivity contribution in [2.45, 2.75) is 26.7 Å². The van der Waals surface area contributed by atoms with Gasteiger partial charge in [0.2, 0.25) is 0 Å². The zero-order valence-electron chi connectivity index (χ0n) is 6.82. The van der Waals surface area contributed by atoms with Crippen molar-refractivity contribution in [3.63, 3.8) is 0 Å². The first-order chi connectivity index (χ1) is 5.18. The number of imidazole rings is 1. The SMILES string of the molecule is CC(C)OCn1cnc(N)c1. The van der Waals surface area contributed by atoms with E-state index < -0.39 is 0 Å². The van der Waals surface area contributed by atoms with E-state index in [9.17, 15) is 0 Å². The molecule has 0 amide bonds. The van der Waals surface area contributed by atoms with Crippen LogP contribution in [-0.2, 0) is 11.5 Å². The monoisotopic (exact) mass is 155 g/mol. The number of nitrogen functional groups attached to an aromatic ring is 1. The van der Waals surface area contributed by atoms with Crippen molar-refractivity contribution in [2.75, 3.05) is 5.73 Å². The maximum absolute atomic E-state index is 5.40. The maximum atomic E-state index is 5.40. The van der Waals surface area contributed by atoms with Gasteiger partial charge in [0.05, 0.1) is 12.4 Å². The second-order valence-corrected chi connectivity index (χ2v) is 2.66. The van der Waals surface area contributed by atoms with Crippen LogP contribution < -0.4 is 5.73 Å². The molecule has 1 aromatic rings. The third-order valence-corrected chi connectivity index (χ3v) is 1.21. The molecule has 0 aliphatic rings. The lowest BCUT2D eigenvalue weighted by Crippen LogP contribution is -2.06. The summed E-state index contributed by atoms with van der Waals surface area (Å²) in [6, 6.07) is 0. The van der Waals surface area contributed by atoms with Crippen LogP contribution in [0.15, 0.2) is 12.5 Å². The lowest BCUT2D eigenvalue weighted by atomic mass is 10.5. The minimum atomic E-state index is 0.235. The van der Waals surface area contributed by atoms with E-state index in [-0.39, 0.29) is 6.10 Å². The fourth-order valence-electron chi connectivity index (χ4n) is 0.683. The Labute approximate surface area is 66.0 Å². The summed E-state index contributed by atoms with van der Waals surface area (Å²) in [5, 5.41) is 0. The van der Waals surface area contributed by atoms with Gasteiger partial charge in [0.1, 0.15) is 12.5 Å². The Morgan fingerprint density at radius 1 is 1.73 bits per heavy atom. The molecule has 4 nitrogen and oxygen atoms in total. The van der Waals surface area contributed by atoms with E-state index in [1.807, 2.05) is 13.8 Å². The average molecular weight is 155 g/mol. The van der Waals surface area contributed by atoms with Gasteiger partial charge < -0.3 is 15.0 Å². The first-order valence-electron chi connectivity index (χ1n) is 3.57. The number of nitrogens with two attached hydrogens (primary N) is 1. The summed E-state index contributed by atoms with van der Waals surface area (Å²) in [7, 11) is 0. The fourth-order valence-corrected chi connectivity index (χ4v) is 0.683. The molecule has 0 atom stereocenters. The van der Waals surface area contributed by atoms with Gasteiger partial charge in [-0.15, -0.1) is 0 Å². The second-order valence-electron chi connectivity index (χ2n) is 2.66. The zero-order valence-corrected chi connectivity index (χ0v) is 6.82. The van der Waals surface area contributed by atoms with Crippen LogP contribution in [-0.4, -0.2) is 15.7 Å². The summed E-state index contributed by atoms with van der Waals surface area (Å²) < 4.78 is 7.11. The molecule has 0 fully saturated rings. The summed E-state index contributed by atoms with van der Waals surface area (Å²) in [5.41, 5.74) is 5.40. The van der Waals surface area contributed by atoms with Crippen LogP contribution in [0.25, 0.3) is 0 Å².